The summed E-state index contributed by atoms with van der Waals surface area (Å²) < 4.78 is 0. The molecule has 1 saturated heterocycles. The van der Waals surface area contributed by atoms with Crippen molar-refractivity contribution in [2.24, 2.45) is 0 Å². The zero-order chi connectivity index (χ0) is 15.4. The summed E-state index contributed by atoms with van der Waals surface area (Å²) in [5.41, 5.74) is 0. The van der Waals surface area contributed by atoms with Gasteiger partial charge in [-0.15, -0.1) is 0 Å². The minimum Gasteiger partial charge on any atom is -0.357 e. The maximum absolute atomic E-state index is 4.70. The molecule has 7 heteroatoms. The Morgan fingerprint density at radius 3 is 2.29 bits per heavy atom. The van der Waals surface area contributed by atoms with Crippen LogP contribution in [-0.2, 0) is 0 Å². The van der Waals surface area contributed by atoms with Gasteiger partial charge in [0.25, 0.3) is 0 Å². The molecule has 2 unspecified atom stereocenters. The molecule has 1 fully saturated rings. The predicted molar refractivity (Wildman–Crippen MR) is 91.7 cm³/mol. The fraction of sp³-hybridized carbons (Fsp3) is 0.786. The van der Waals surface area contributed by atoms with E-state index in [1.165, 1.54) is 0 Å². The van der Waals surface area contributed by atoms with Gasteiger partial charge in [0.05, 0.1) is 0 Å². The van der Waals surface area contributed by atoms with E-state index in [0.717, 1.165) is 38.1 Å². The third kappa shape index (κ3) is 3.90. The number of hydrogen-bond acceptors (Lipinski definition) is 7. The van der Waals surface area contributed by atoms with Gasteiger partial charge in [-0.25, -0.2) is 0 Å². The van der Waals surface area contributed by atoms with Crippen LogP contribution in [0, 0.1) is 0 Å². The fourth-order valence-electron chi connectivity index (χ4n) is 2.60. The molecule has 1 aromatic rings. The quantitative estimate of drug-likeness (QED) is 0.893. The monoisotopic (exact) mass is 310 g/mol. The zero-order valence-corrected chi connectivity index (χ0v) is 14.4. The molecule has 1 aliphatic heterocycles. The van der Waals surface area contributed by atoms with Crippen LogP contribution in [0.3, 0.4) is 0 Å². The highest BCUT2D eigenvalue weighted by molar-refractivity contribution is 8.00. The Kier molecular flexibility index (Phi) is 5.50. The van der Waals surface area contributed by atoms with Crippen molar-refractivity contribution in [3.63, 3.8) is 0 Å². The first-order chi connectivity index (χ1) is 10.1. The minimum atomic E-state index is 0.598. The first-order valence-corrected chi connectivity index (χ1v) is 8.60. The van der Waals surface area contributed by atoms with Gasteiger partial charge in [0, 0.05) is 43.7 Å². The summed E-state index contributed by atoms with van der Waals surface area (Å²) in [6.07, 6.45) is 0. The lowest BCUT2D eigenvalue weighted by Crippen LogP contribution is -2.41. The van der Waals surface area contributed by atoms with E-state index >= 15 is 0 Å². The number of aromatic nitrogens is 3. The lowest BCUT2D eigenvalue weighted by atomic mass is 10.3. The molecular formula is C14H26N6S. The number of nitrogens with zero attached hydrogens (tertiary/aromatic N) is 5. The molecule has 2 atom stereocenters. The Bertz CT molecular complexity index is 455. The van der Waals surface area contributed by atoms with Crippen LogP contribution in [0.5, 0.6) is 0 Å². The molecule has 2 heterocycles. The second-order valence-corrected chi connectivity index (χ2v) is 7.23. The van der Waals surface area contributed by atoms with Crippen molar-refractivity contribution in [3.8, 4) is 0 Å². The largest absolute Gasteiger partial charge is 0.357 e. The molecule has 1 N–H and O–H groups in total. The summed E-state index contributed by atoms with van der Waals surface area (Å²) >= 11 is 2.03. The van der Waals surface area contributed by atoms with Crippen molar-refractivity contribution in [2.45, 2.75) is 38.2 Å². The van der Waals surface area contributed by atoms with E-state index in [1.807, 2.05) is 18.8 Å². The smallest absolute Gasteiger partial charge is 0.232 e. The standard InChI is InChI=1S/C14H26N6S/c1-6-19(7-2)13-16-12(15-5)17-14(18-13)20-8-10(3)21-11(4)9-20/h10-11H,6-9H2,1-5H3,(H,15,16,17,18). The van der Waals surface area contributed by atoms with E-state index in [0.29, 0.717) is 16.4 Å². The molecule has 2 rings (SSSR count). The lowest BCUT2D eigenvalue weighted by molar-refractivity contribution is 0.699. The van der Waals surface area contributed by atoms with E-state index in [4.69, 9.17) is 4.98 Å². The van der Waals surface area contributed by atoms with Crippen molar-refractivity contribution in [3.05, 3.63) is 0 Å². The molecule has 0 spiro atoms. The first kappa shape index (κ1) is 16.1. The van der Waals surface area contributed by atoms with Crippen LogP contribution in [0.1, 0.15) is 27.7 Å². The second-order valence-electron chi connectivity index (χ2n) is 5.34. The van der Waals surface area contributed by atoms with Crippen LogP contribution in [0.15, 0.2) is 0 Å². The molecule has 0 bridgehead atoms. The number of nitrogens with one attached hydrogen (secondary N) is 1. The molecule has 0 radical (unpaired) electrons. The Balaban J connectivity index is 2.31. The highest BCUT2D eigenvalue weighted by atomic mass is 32.2. The van der Waals surface area contributed by atoms with E-state index in [2.05, 4.69) is 52.8 Å². The molecule has 0 aliphatic carbocycles. The highest BCUT2D eigenvalue weighted by Gasteiger charge is 2.25. The van der Waals surface area contributed by atoms with Gasteiger partial charge in [0.1, 0.15) is 0 Å². The van der Waals surface area contributed by atoms with Gasteiger partial charge in [-0.1, -0.05) is 13.8 Å². The van der Waals surface area contributed by atoms with E-state index in [9.17, 15) is 0 Å². The van der Waals surface area contributed by atoms with Crippen LogP contribution < -0.4 is 15.1 Å². The average molecular weight is 310 g/mol. The Morgan fingerprint density at radius 1 is 1.14 bits per heavy atom. The second kappa shape index (κ2) is 7.15. The normalized spacial score (nSPS) is 22.2. The van der Waals surface area contributed by atoms with Crippen LogP contribution in [0.2, 0.25) is 0 Å². The highest BCUT2D eigenvalue weighted by Crippen LogP contribution is 2.27. The molecule has 0 amide bonds. The van der Waals surface area contributed by atoms with Gasteiger partial charge in [-0.2, -0.15) is 26.7 Å². The van der Waals surface area contributed by atoms with Crippen LogP contribution in [-0.4, -0.2) is 58.7 Å². The van der Waals surface area contributed by atoms with Gasteiger partial charge in [0.15, 0.2) is 0 Å². The summed E-state index contributed by atoms with van der Waals surface area (Å²) in [6, 6.07) is 0. The number of hydrogen-bond donors (Lipinski definition) is 1. The van der Waals surface area contributed by atoms with Gasteiger partial charge in [-0.05, 0) is 13.8 Å². The Hall–Kier alpha value is -1.24. The molecule has 1 aliphatic rings. The zero-order valence-electron chi connectivity index (χ0n) is 13.6. The molecule has 6 nitrogen and oxygen atoms in total. The van der Waals surface area contributed by atoms with Crippen molar-refractivity contribution < 1.29 is 0 Å². The van der Waals surface area contributed by atoms with Crippen molar-refractivity contribution in [2.75, 3.05) is 48.3 Å². The maximum Gasteiger partial charge on any atom is 0.232 e. The van der Waals surface area contributed by atoms with E-state index in [1.54, 1.807) is 0 Å². The molecule has 0 aromatic carbocycles. The molecule has 0 saturated carbocycles. The Morgan fingerprint density at radius 2 is 1.76 bits per heavy atom. The predicted octanol–water partition coefficient (Wildman–Crippen LogP) is 2.09. The minimum absolute atomic E-state index is 0.598. The average Bonchev–Trinajstić information content (AvgIpc) is 2.47. The van der Waals surface area contributed by atoms with Gasteiger partial charge in [-0.3, -0.25) is 0 Å². The fourth-order valence-corrected chi connectivity index (χ4v) is 3.92. The van der Waals surface area contributed by atoms with Crippen molar-refractivity contribution >= 4 is 29.6 Å². The SMILES string of the molecule is CCN(CC)c1nc(NC)nc(N2CC(C)SC(C)C2)n1. The molecule has 21 heavy (non-hydrogen) atoms. The summed E-state index contributed by atoms with van der Waals surface area (Å²) in [5, 5.41) is 4.25. The number of rotatable bonds is 5. The maximum atomic E-state index is 4.70. The topological polar surface area (TPSA) is 57.2 Å². The van der Waals surface area contributed by atoms with Crippen LogP contribution in [0.4, 0.5) is 17.8 Å². The van der Waals surface area contributed by atoms with E-state index < -0.39 is 0 Å². The Labute approximate surface area is 131 Å². The van der Waals surface area contributed by atoms with Crippen LogP contribution in [0.25, 0.3) is 0 Å². The summed E-state index contributed by atoms with van der Waals surface area (Å²) in [7, 11) is 1.85. The summed E-state index contributed by atoms with van der Waals surface area (Å²) in [6.45, 7) is 12.5. The number of anilines is 3. The van der Waals surface area contributed by atoms with Crippen LogP contribution >= 0.6 is 11.8 Å². The molecular weight excluding hydrogens is 284 g/mol. The summed E-state index contributed by atoms with van der Waals surface area (Å²) in [5.74, 6) is 2.18. The third-order valence-electron chi connectivity index (χ3n) is 3.58. The van der Waals surface area contributed by atoms with Gasteiger partial charge in [0.2, 0.25) is 17.8 Å². The first-order valence-electron chi connectivity index (χ1n) is 7.66. The molecule has 1 aromatic heterocycles. The van der Waals surface area contributed by atoms with Gasteiger partial charge >= 0.3 is 0 Å². The number of thioether (sulfide) groups is 1. The van der Waals surface area contributed by atoms with Gasteiger partial charge < -0.3 is 15.1 Å². The lowest BCUT2D eigenvalue weighted by Gasteiger charge is -2.35. The summed E-state index contributed by atoms with van der Waals surface area (Å²) in [4.78, 5) is 18.2. The molecule has 118 valence electrons. The van der Waals surface area contributed by atoms with E-state index in [-0.39, 0.29) is 0 Å². The third-order valence-corrected chi connectivity index (χ3v) is 4.81. The van der Waals surface area contributed by atoms with Crippen molar-refractivity contribution in [1.82, 2.24) is 15.0 Å². The van der Waals surface area contributed by atoms with Crippen molar-refractivity contribution in [1.29, 1.82) is 0 Å².